The Hall–Kier alpha value is -0.370. The van der Waals surface area contributed by atoms with Crippen LogP contribution in [0.1, 0.15) is 65.7 Å². The average Bonchev–Trinajstić information content (AvgIpc) is 2.35. The molecule has 3 unspecified atom stereocenters. The van der Waals surface area contributed by atoms with Gasteiger partial charge < -0.3 is 4.90 Å². The Morgan fingerprint density at radius 1 is 1.21 bits per heavy atom. The Morgan fingerprint density at radius 3 is 2.63 bits per heavy atom. The molecule has 2 fully saturated rings. The Balaban J connectivity index is 1.91. The van der Waals surface area contributed by atoms with Crippen LogP contribution in [-0.4, -0.2) is 30.3 Å². The minimum atomic E-state index is -0.0797. The molecular weight excluding hydrogens is 234 g/mol. The van der Waals surface area contributed by atoms with E-state index in [4.69, 9.17) is 0 Å². The maximum atomic E-state index is 12.5. The predicted molar refractivity (Wildman–Crippen MR) is 80.2 cm³/mol. The summed E-state index contributed by atoms with van der Waals surface area (Å²) in [5.41, 5.74) is -0.0797. The van der Waals surface area contributed by atoms with Crippen LogP contribution in [0.15, 0.2) is 0 Å². The van der Waals surface area contributed by atoms with Crippen LogP contribution >= 0.6 is 0 Å². The largest absolute Gasteiger partial charge is 0.303 e. The number of nitrogens with zero attached hydrogens (tertiary/aromatic N) is 1. The summed E-state index contributed by atoms with van der Waals surface area (Å²) in [6, 6.07) is 0.710. The van der Waals surface area contributed by atoms with Gasteiger partial charge in [-0.2, -0.15) is 0 Å². The summed E-state index contributed by atoms with van der Waals surface area (Å²) < 4.78 is 0. The third-order valence-corrected chi connectivity index (χ3v) is 5.43. The number of hydrogen-bond donors (Lipinski definition) is 0. The van der Waals surface area contributed by atoms with Gasteiger partial charge >= 0.3 is 0 Å². The molecule has 110 valence electrons. The minimum Gasteiger partial charge on any atom is -0.303 e. The molecule has 0 radical (unpaired) electrons. The highest BCUT2D eigenvalue weighted by atomic mass is 16.1. The first-order valence-corrected chi connectivity index (χ1v) is 8.14. The molecule has 0 saturated heterocycles. The van der Waals surface area contributed by atoms with E-state index in [0.29, 0.717) is 11.8 Å². The fourth-order valence-corrected chi connectivity index (χ4v) is 4.07. The van der Waals surface area contributed by atoms with E-state index in [2.05, 4.69) is 32.7 Å². The van der Waals surface area contributed by atoms with E-state index >= 15 is 0 Å². The maximum Gasteiger partial charge on any atom is 0.142 e. The molecule has 2 rings (SSSR count). The summed E-state index contributed by atoms with van der Waals surface area (Å²) in [6.07, 6.45) is 8.80. The summed E-state index contributed by atoms with van der Waals surface area (Å²) in [6.45, 7) is 7.61. The zero-order valence-electron chi connectivity index (χ0n) is 13.2. The zero-order valence-corrected chi connectivity index (χ0v) is 13.2. The average molecular weight is 265 g/mol. The molecule has 2 saturated carbocycles. The molecule has 0 aliphatic heterocycles. The lowest BCUT2D eigenvalue weighted by Gasteiger charge is -2.39. The molecule has 3 atom stereocenters. The fraction of sp³-hybridized carbons (Fsp3) is 0.941. The van der Waals surface area contributed by atoms with Gasteiger partial charge in [0.15, 0.2) is 0 Å². The second kappa shape index (κ2) is 5.95. The van der Waals surface area contributed by atoms with Gasteiger partial charge in [-0.1, -0.05) is 40.0 Å². The van der Waals surface area contributed by atoms with Gasteiger partial charge in [0, 0.05) is 23.9 Å². The molecule has 0 spiro atoms. The van der Waals surface area contributed by atoms with Crippen LogP contribution in [0, 0.1) is 17.3 Å². The fourth-order valence-electron chi connectivity index (χ4n) is 4.07. The lowest BCUT2D eigenvalue weighted by atomic mass is 9.70. The van der Waals surface area contributed by atoms with Crippen LogP contribution in [0.25, 0.3) is 0 Å². The van der Waals surface area contributed by atoms with Crippen molar-refractivity contribution in [3.8, 4) is 0 Å². The SMILES string of the molecule is CC1CCCC(N(C)CC2CCCC(C)(C)C2=O)C1. The van der Waals surface area contributed by atoms with Crippen molar-refractivity contribution in [1.29, 1.82) is 0 Å². The molecule has 0 heterocycles. The quantitative estimate of drug-likeness (QED) is 0.771. The van der Waals surface area contributed by atoms with Gasteiger partial charge in [-0.05, 0) is 38.6 Å². The van der Waals surface area contributed by atoms with Crippen molar-refractivity contribution in [1.82, 2.24) is 4.90 Å². The summed E-state index contributed by atoms with van der Waals surface area (Å²) in [5.74, 6) is 1.65. The number of carbonyl (C=O) groups is 1. The van der Waals surface area contributed by atoms with E-state index in [1.54, 1.807) is 0 Å². The molecule has 0 amide bonds. The predicted octanol–water partition coefficient (Wildman–Crippen LogP) is 3.89. The first kappa shape index (κ1) is 15.0. The number of rotatable bonds is 3. The molecule has 2 nitrogen and oxygen atoms in total. The summed E-state index contributed by atoms with van der Waals surface area (Å²) in [5, 5.41) is 0. The van der Waals surface area contributed by atoms with Crippen molar-refractivity contribution in [2.45, 2.75) is 71.8 Å². The van der Waals surface area contributed by atoms with Crippen molar-refractivity contribution in [3.05, 3.63) is 0 Å². The van der Waals surface area contributed by atoms with E-state index in [9.17, 15) is 4.79 Å². The summed E-state index contributed by atoms with van der Waals surface area (Å²) >= 11 is 0. The normalized spacial score (nSPS) is 35.6. The third kappa shape index (κ3) is 3.59. The molecule has 0 aromatic heterocycles. The van der Waals surface area contributed by atoms with E-state index in [-0.39, 0.29) is 11.3 Å². The van der Waals surface area contributed by atoms with Crippen molar-refractivity contribution in [3.63, 3.8) is 0 Å². The zero-order chi connectivity index (χ0) is 14.0. The van der Waals surface area contributed by atoms with Gasteiger partial charge in [0.2, 0.25) is 0 Å². The van der Waals surface area contributed by atoms with Crippen molar-refractivity contribution >= 4 is 5.78 Å². The summed E-state index contributed by atoms with van der Waals surface area (Å²) in [4.78, 5) is 15.0. The number of ketones is 1. The summed E-state index contributed by atoms with van der Waals surface area (Å²) in [7, 11) is 2.23. The Kier molecular flexibility index (Phi) is 4.70. The van der Waals surface area contributed by atoms with Gasteiger partial charge in [-0.3, -0.25) is 4.79 Å². The van der Waals surface area contributed by atoms with Crippen molar-refractivity contribution in [2.75, 3.05) is 13.6 Å². The lowest BCUT2D eigenvalue weighted by molar-refractivity contribution is -0.135. The Labute approximate surface area is 118 Å². The molecule has 0 aromatic rings. The maximum absolute atomic E-state index is 12.5. The smallest absolute Gasteiger partial charge is 0.142 e. The van der Waals surface area contributed by atoms with Gasteiger partial charge in [0.05, 0.1) is 0 Å². The standard InChI is InChI=1S/C17H31NO/c1-13-7-5-9-15(11-13)18(4)12-14-8-6-10-17(2,3)16(14)19/h13-15H,5-12H2,1-4H3. The van der Waals surface area contributed by atoms with Crippen LogP contribution in [0.5, 0.6) is 0 Å². The molecule has 2 aliphatic carbocycles. The lowest BCUT2D eigenvalue weighted by Crippen LogP contribution is -2.44. The monoisotopic (exact) mass is 265 g/mol. The first-order valence-electron chi connectivity index (χ1n) is 8.14. The van der Waals surface area contributed by atoms with Crippen molar-refractivity contribution < 1.29 is 4.79 Å². The first-order chi connectivity index (χ1) is 8.90. The highest BCUT2D eigenvalue weighted by Crippen LogP contribution is 2.36. The Bertz CT molecular complexity index is 323. The van der Waals surface area contributed by atoms with E-state index in [1.807, 2.05) is 0 Å². The van der Waals surface area contributed by atoms with E-state index in [1.165, 1.54) is 32.1 Å². The second-order valence-corrected chi connectivity index (χ2v) is 7.70. The molecule has 2 heteroatoms. The van der Waals surface area contributed by atoms with Crippen LogP contribution in [0.2, 0.25) is 0 Å². The van der Waals surface area contributed by atoms with Gasteiger partial charge in [0.1, 0.15) is 5.78 Å². The molecule has 0 N–H and O–H groups in total. The van der Waals surface area contributed by atoms with Crippen LogP contribution < -0.4 is 0 Å². The molecule has 2 aliphatic rings. The topological polar surface area (TPSA) is 20.3 Å². The highest BCUT2D eigenvalue weighted by Gasteiger charge is 2.38. The third-order valence-electron chi connectivity index (χ3n) is 5.43. The van der Waals surface area contributed by atoms with Gasteiger partial charge in [-0.15, -0.1) is 0 Å². The van der Waals surface area contributed by atoms with Crippen LogP contribution in [-0.2, 0) is 4.79 Å². The van der Waals surface area contributed by atoms with Crippen LogP contribution in [0.3, 0.4) is 0 Å². The van der Waals surface area contributed by atoms with Gasteiger partial charge in [-0.25, -0.2) is 0 Å². The van der Waals surface area contributed by atoms with E-state index < -0.39 is 0 Å². The molecule has 0 bridgehead atoms. The van der Waals surface area contributed by atoms with Crippen molar-refractivity contribution in [2.24, 2.45) is 17.3 Å². The van der Waals surface area contributed by atoms with Crippen LogP contribution in [0.4, 0.5) is 0 Å². The number of Topliss-reactive ketones (excluding diaryl/α,β-unsaturated/α-hetero) is 1. The molecule has 19 heavy (non-hydrogen) atoms. The second-order valence-electron chi connectivity index (χ2n) is 7.70. The number of hydrogen-bond acceptors (Lipinski definition) is 2. The minimum absolute atomic E-state index is 0.0797. The number of carbonyl (C=O) groups excluding carboxylic acids is 1. The van der Waals surface area contributed by atoms with E-state index in [0.717, 1.165) is 25.3 Å². The molecule has 0 aromatic carbocycles. The Morgan fingerprint density at radius 2 is 1.95 bits per heavy atom. The highest BCUT2D eigenvalue weighted by molar-refractivity contribution is 5.87. The molecular formula is C17H31NO. The van der Waals surface area contributed by atoms with Gasteiger partial charge in [0.25, 0.3) is 0 Å².